The number of carbonyl (C=O) groups excluding carboxylic acids is 2. The maximum absolute atomic E-state index is 12.5. The third-order valence-electron chi connectivity index (χ3n) is 4.61. The molecule has 1 N–H and O–H groups in total. The summed E-state index contributed by atoms with van der Waals surface area (Å²) in [5, 5.41) is 11.7. The first-order chi connectivity index (χ1) is 14.1. The number of nitriles is 1. The van der Waals surface area contributed by atoms with Crippen molar-refractivity contribution < 1.29 is 14.3 Å². The number of amides is 2. The van der Waals surface area contributed by atoms with Crippen LogP contribution in [0.2, 0.25) is 0 Å². The molecule has 0 fully saturated rings. The Balaban J connectivity index is 1.47. The van der Waals surface area contributed by atoms with E-state index in [2.05, 4.69) is 5.32 Å². The molecule has 1 heterocycles. The molecule has 142 valence electrons. The van der Waals surface area contributed by atoms with Gasteiger partial charge in [-0.15, -0.1) is 0 Å². The van der Waals surface area contributed by atoms with E-state index in [1.165, 1.54) is 0 Å². The van der Waals surface area contributed by atoms with E-state index in [-0.39, 0.29) is 18.4 Å². The molecular weight excluding hydrogens is 366 g/mol. The number of hydrogen-bond donors (Lipinski definition) is 1. The Morgan fingerprint density at radius 3 is 2.66 bits per heavy atom. The van der Waals surface area contributed by atoms with E-state index in [9.17, 15) is 9.59 Å². The molecule has 1 aliphatic rings. The normalized spacial score (nSPS) is 12.5. The molecule has 0 aliphatic carbocycles. The summed E-state index contributed by atoms with van der Waals surface area (Å²) in [6.45, 7) is 0.407. The summed E-state index contributed by atoms with van der Waals surface area (Å²) in [6, 6.07) is 23.3. The second-order valence-electron chi connectivity index (χ2n) is 6.58. The van der Waals surface area contributed by atoms with Gasteiger partial charge in [0.2, 0.25) is 0 Å². The van der Waals surface area contributed by atoms with Crippen LogP contribution in [0.3, 0.4) is 0 Å². The monoisotopic (exact) mass is 383 g/mol. The van der Waals surface area contributed by atoms with E-state index < -0.39 is 0 Å². The lowest BCUT2D eigenvalue weighted by molar-refractivity contribution is -0.121. The highest BCUT2D eigenvalue weighted by Gasteiger charge is 2.25. The van der Waals surface area contributed by atoms with Crippen molar-refractivity contribution in [1.29, 1.82) is 5.26 Å². The summed E-state index contributed by atoms with van der Waals surface area (Å²) in [5.74, 6) is 0.310. The molecule has 0 atom stereocenters. The maximum atomic E-state index is 12.5. The van der Waals surface area contributed by atoms with Crippen molar-refractivity contribution in [2.45, 2.75) is 6.54 Å². The Kier molecular flexibility index (Phi) is 4.95. The lowest BCUT2D eigenvalue weighted by Crippen LogP contribution is -2.38. The van der Waals surface area contributed by atoms with Crippen LogP contribution in [0.4, 0.5) is 11.4 Å². The van der Waals surface area contributed by atoms with E-state index in [1.54, 1.807) is 41.3 Å². The molecule has 0 bridgehead atoms. The van der Waals surface area contributed by atoms with Crippen LogP contribution in [0.5, 0.6) is 5.75 Å². The Morgan fingerprint density at radius 1 is 1.07 bits per heavy atom. The van der Waals surface area contributed by atoms with Gasteiger partial charge >= 0.3 is 0 Å². The second-order valence-corrected chi connectivity index (χ2v) is 6.58. The Morgan fingerprint density at radius 2 is 1.86 bits per heavy atom. The standard InChI is InChI=1S/C23H17N3O3/c24-13-17-4-3-5-19(12-17)25-23(28)18-10-8-16(9-11-18)14-26-20-6-1-2-7-21(20)29-15-22(26)27/h1-12H,14-15H2,(H,25,28). The third kappa shape index (κ3) is 3.94. The number of anilines is 2. The average Bonchev–Trinajstić information content (AvgIpc) is 2.76. The van der Waals surface area contributed by atoms with Gasteiger partial charge < -0.3 is 15.0 Å². The highest BCUT2D eigenvalue weighted by Crippen LogP contribution is 2.32. The number of rotatable bonds is 4. The molecule has 3 aromatic rings. The maximum Gasteiger partial charge on any atom is 0.265 e. The molecule has 6 heteroatoms. The topological polar surface area (TPSA) is 82.4 Å². The van der Waals surface area contributed by atoms with Crippen molar-refractivity contribution in [3.63, 3.8) is 0 Å². The van der Waals surface area contributed by atoms with Crippen LogP contribution in [0.15, 0.2) is 72.8 Å². The number of benzene rings is 3. The van der Waals surface area contributed by atoms with Crippen LogP contribution in [0.1, 0.15) is 21.5 Å². The predicted molar refractivity (Wildman–Crippen MR) is 109 cm³/mol. The van der Waals surface area contributed by atoms with Gasteiger partial charge in [0, 0.05) is 11.3 Å². The van der Waals surface area contributed by atoms with Crippen molar-refractivity contribution in [3.05, 3.63) is 89.5 Å². The van der Waals surface area contributed by atoms with Gasteiger partial charge in [-0.1, -0.05) is 30.3 Å². The predicted octanol–water partition coefficient (Wildman–Crippen LogP) is 3.74. The van der Waals surface area contributed by atoms with Crippen LogP contribution in [-0.4, -0.2) is 18.4 Å². The zero-order chi connectivity index (χ0) is 20.2. The summed E-state index contributed by atoms with van der Waals surface area (Å²) in [4.78, 5) is 26.4. The Bertz CT molecular complexity index is 1120. The molecule has 0 aromatic heterocycles. The summed E-state index contributed by atoms with van der Waals surface area (Å²) in [5.41, 5.74) is 3.17. The summed E-state index contributed by atoms with van der Waals surface area (Å²) >= 11 is 0. The number of ether oxygens (including phenoxy) is 1. The molecule has 6 nitrogen and oxygen atoms in total. The van der Waals surface area contributed by atoms with Gasteiger partial charge in [0.25, 0.3) is 11.8 Å². The van der Waals surface area contributed by atoms with Crippen LogP contribution in [0.25, 0.3) is 0 Å². The minimum atomic E-state index is -0.264. The molecule has 0 saturated carbocycles. The first kappa shape index (κ1) is 18.3. The minimum Gasteiger partial charge on any atom is -0.482 e. The Hall–Kier alpha value is -4.11. The quantitative estimate of drug-likeness (QED) is 0.744. The first-order valence-electron chi connectivity index (χ1n) is 9.07. The van der Waals surface area contributed by atoms with E-state index >= 15 is 0 Å². The molecular formula is C23H17N3O3. The molecule has 29 heavy (non-hydrogen) atoms. The average molecular weight is 383 g/mol. The second kappa shape index (κ2) is 7.87. The summed E-state index contributed by atoms with van der Waals surface area (Å²) in [7, 11) is 0. The molecule has 0 saturated heterocycles. The largest absolute Gasteiger partial charge is 0.482 e. The van der Waals surface area contributed by atoms with E-state index in [4.69, 9.17) is 10.00 Å². The van der Waals surface area contributed by atoms with E-state index in [0.717, 1.165) is 11.3 Å². The van der Waals surface area contributed by atoms with E-state index in [0.29, 0.717) is 29.1 Å². The zero-order valence-corrected chi connectivity index (χ0v) is 15.5. The van der Waals surface area contributed by atoms with Gasteiger partial charge in [-0.05, 0) is 48.0 Å². The van der Waals surface area contributed by atoms with Crippen molar-refractivity contribution >= 4 is 23.2 Å². The molecule has 2 amide bonds. The highest BCUT2D eigenvalue weighted by atomic mass is 16.5. The van der Waals surface area contributed by atoms with Crippen LogP contribution >= 0.6 is 0 Å². The van der Waals surface area contributed by atoms with Crippen LogP contribution in [0, 0.1) is 11.3 Å². The van der Waals surface area contributed by atoms with Gasteiger partial charge in [0.1, 0.15) is 5.75 Å². The fraction of sp³-hybridized carbons (Fsp3) is 0.0870. The van der Waals surface area contributed by atoms with Crippen LogP contribution in [-0.2, 0) is 11.3 Å². The molecule has 0 unspecified atom stereocenters. The number of nitrogens with zero attached hydrogens (tertiary/aromatic N) is 2. The van der Waals surface area contributed by atoms with Gasteiger partial charge in [0.05, 0.1) is 23.9 Å². The number of nitrogens with one attached hydrogen (secondary N) is 1. The molecule has 3 aromatic carbocycles. The number of para-hydroxylation sites is 2. The van der Waals surface area contributed by atoms with Gasteiger partial charge in [0.15, 0.2) is 6.61 Å². The van der Waals surface area contributed by atoms with Crippen molar-refractivity contribution in [1.82, 2.24) is 0 Å². The number of fused-ring (bicyclic) bond motifs is 1. The van der Waals surface area contributed by atoms with Crippen molar-refractivity contribution in [3.8, 4) is 11.8 Å². The van der Waals surface area contributed by atoms with Crippen molar-refractivity contribution in [2.75, 3.05) is 16.8 Å². The number of carbonyl (C=O) groups is 2. The smallest absolute Gasteiger partial charge is 0.265 e. The van der Waals surface area contributed by atoms with Gasteiger partial charge in [-0.2, -0.15) is 5.26 Å². The highest BCUT2D eigenvalue weighted by molar-refractivity contribution is 6.04. The Labute approximate surface area is 168 Å². The van der Waals surface area contributed by atoms with Crippen molar-refractivity contribution in [2.24, 2.45) is 0 Å². The third-order valence-corrected chi connectivity index (χ3v) is 4.61. The fourth-order valence-electron chi connectivity index (χ4n) is 3.14. The molecule has 0 spiro atoms. The molecule has 0 radical (unpaired) electrons. The van der Waals surface area contributed by atoms with Gasteiger partial charge in [-0.3, -0.25) is 9.59 Å². The summed E-state index contributed by atoms with van der Waals surface area (Å²) in [6.07, 6.45) is 0. The first-order valence-corrected chi connectivity index (χ1v) is 9.07. The molecule has 4 rings (SSSR count). The SMILES string of the molecule is N#Cc1cccc(NC(=O)c2ccc(CN3C(=O)COc4ccccc43)cc2)c1. The summed E-state index contributed by atoms with van der Waals surface area (Å²) < 4.78 is 5.46. The molecule has 1 aliphatic heterocycles. The van der Waals surface area contributed by atoms with Gasteiger partial charge in [-0.25, -0.2) is 0 Å². The lowest BCUT2D eigenvalue weighted by atomic mass is 10.1. The lowest BCUT2D eigenvalue weighted by Gasteiger charge is -2.29. The zero-order valence-electron chi connectivity index (χ0n) is 15.5. The fourth-order valence-corrected chi connectivity index (χ4v) is 3.14. The van der Waals surface area contributed by atoms with E-state index in [1.807, 2.05) is 42.5 Å². The number of hydrogen-bond acceptors (Lipinski definition) is 4. The minimum absolute atomic E-state index is 0.0132. The van der Waals surface area contributed by atoms with Crippen LogP contribution < -0.4 is 15.0 Å².